The average molecular weight is 1450 g/mol. The van der Waals surface area contributed by atoms with Gasteiger partial charge in [0.25, 0.3) is 0 Å². The Morgan fingerprint density at radius 2 is 0.588 bits per heavy atom. The van der Waals surface area contributed by atoms with Crippen molar-refractivity contribution in [1.82, 2.24) is 15.0 Å². The summed E-state index contributed by atoms with van der Waals surface area (Å²) in [7, 11) is 0. The Bertz CT molecular complexity index is 7730. The lowest BCUT2D eigenvalue weighted by molar-refractivity contribution is 0.487. The average Bonchev–Trinajstić information content (AvgIpc) is 0.777. The number of ether oxygens (including phenoxy) is 2. The third-order valence-electron chi connectivity index (χ3n) is 23.2. The van der Waals surface area contributed by atoms with E-state index in [4.69, 9.17) is 19.4 Å². The van der Waals surface area contributed by atoms with E-state index < -0.39 is 0 Å². The van der Waals surface area contributed by atoms with Crippen LogP contribution in [0, 0.1) is 22.7 Å². The molecule has 0 amide bonds. The van der Waals surface area contributed by atoms with Gasteiger partial charge in [0, 0.05) is 73.3 Å². The lowest BCUT2D eigenvalue weighted by Gasteiger charge is -2.22. The van der Waals surface area contributed by atoms with Gasteiger partial charge >= 0.3 is 0 Å². The maximum absolute atomic E-state index is 9.71. The van der Waals surface area contributed by atoms with Crippen LogP contribution in [0.5, 0.6) is 23.0 Å². The second kappa shape index (κ2) is 26.6. The van der Waals surface area contributed by atoms with Crippen molar-refractivity contribution in [3.05, 3.63) is 382 Å². The van der Waals surface area contributed by atoms with Crippen molar-refractivity contribution in [3.63, 3.8) is 0 Å². The first-order chi connectivity index (χ1) is 56.4. The molecular formula is C107H61N5O2. The second-order valence-electron chi connectivity index (χ2n) is 29.4. The van der Waals surface area contributed by atoms with Crippen molar-refractivity contribution in [2.75, 3.05) is 0 Å². The van der Waals surface area contributed by atoms with Crippen molar-refractivity contribution >= 4 is 97.1 Å². The molecule has 0 saturated heterocycles. The summed E-state index contributed by atoms with van der Waals surface area (Å²) in [5.41, 5.74) is 24.4. The van der Waals surface area contributed by atoms with Crippen LogP contribution < -0.4 is 9.47 Å². The Morgan fingerprint density at radius 1 is 0.219 bits per heavy atom. The minimum absolute atomic E-state index is 0.655. The molecule has 7 nitrogen and oxygen atoms in total. The summed E-state index contributed by atoms with van der Waals surface area (Å²) in [5.74, 6) is 3.20. The Hall–Kier alpha value is -15.7. The summed E-state index contributed by atoms with van der Waals surface area (Å²) in [4.78, 5) is 14.1. The van der Waals surface area contributed by atoms with E-state index in [1.807, 2.05) is 97.5 Å². The van der Waals surface area contributed by atoms with Crippen LogP contribution >= 0.6 is 0 Å². The third kappa shape index (κ3) is 10.8. The molecule has 0 aliphatic carbocycles. The zero-order valence-electron chi connectivity index (χ0n) is 61.3. The maximum atomic E-state index is 9.71. The number of aromatic nitrogens is 3. The molecule has 2 aliphatic heterocycles. The molecule has 2 aliphatic rings. The van der Waals surface area contributed by atoms with Gasteiger partial charge in [-0.05, 0) is 240 Å². The molecule has 7 heteroatoms. The molecule has 18 aromatic carbocycles. The Kier molecular flexibility index (Phi) is 15.3. The highest BCUT2D eigenvalue weighted by atomic mass is 16.5. The number of para-hydroxylation sites is 1. The fourth-order valence-corrected chi connectivity index (χ4v) is 17.8. The lowest BCUT2D eigenvalue weighted by Crippen LogP contribution is -1.98. The van der Waals surface area contributed by atoms with Gasteiger partial charge in [0.05, 0.1) is 40.2 Å². The van der Waals surface area contributed by atoms with Crippen LogP contribution in [-0.2, 0) is 0 Å². The van der Waals surface area contributed by atoms with E-state index >= 15 is 0 Å². The molecule has 0 radical (unpaired) electrons. The Balaban J connectivity index is 0.000000139. The SMILES string of the molecule is N#Cc1ccc2c3c(cccc13)Oc1cc(-c3ccc(-c4cc5c6ccccc6c(-c6ccc(-c7cccc8cccnc78)cc6)cc5c5ccccc45)cc3)ccc1-2.N#Cc1ccc2c3c(cccc13)Oc1cc(-c3ccc(-c4cc5c6ccccc6c(-c6cccc(-c7ccncc7)n6)cc5c5ccccc45)cc3)ccc1-2. The molecule has 21 aromatic rings. The van der Waals surface area contributed by atoms with E-state index in [0.29, 0.717) is 11.1 Å². The topological polar surface area (TPSA) is 105 Å². The summed E-state index contributed by atoms with van der Waals surface area (Å²) in [6, 6.07) is 129. The molecule has 23 rings (SSSR count). The molecule has 5 heterocycles. The number of fused-ring (bicyclic) bond motifs is 15. The normalized spacial score (nSPS) is 11.8. The standard InChI is InChI=1S/C56H32N2O.C51H29N3O/c57-33-40-26-28-48-47-27-25-39(30-54(47)59-53-16-6-14-41(40)55(48)53)34-17-19-36(20-18-34)49-31-51-46-13-4-2-11-44(46)50(32-52(51)45-12-3-1-10-43(45)49)37-23-21-35(22-24-37)42-15-5-8-38-9-7-29-58-56(38)42;52-30-35-20-22-42-41-21-19-34(27-50(41)55-49-14-5-11-36(35)51(42)49)31-15-17-32(18-16-31)43-28-44-39-9-3-4-10-40(39)46(29-45(44)38-8-2-1-7-37(38)43)48-13-6-12-47(54-48)33-23-25-53-26-24-33/h1-32H;1-29H. The first-order valence-electron chi connectivity index (χ1n) is 38.3. The number of nitriles is 2. The number of pyridine rings is 3. The van der Waals surface area contributed by atoms with Gasteiger partial charge < -0.3 is 9.47 Å². The molecule has 114 heavy (non-hydrogen) atoms. The van der Waals surface area contributed by atoms with E-state index in [2.05, 4.69) is 290 Å². The number of nitrogens with zero attached hydrogens (tertiary/aromatic N) is 5. The van der Waals surface area contributed by atoms with Gasteiger partial charge in [0.1, 0.15) is 23.0 Å². The van der Waals surface area contributed by atoms with Crippen LogP contribution in [0.4, 0.5) is 0 Å². The molecule has 0 fully saturated rings. The van der Waals surface area contributed by atoms with Crippen molar-refractivity contribution in [2.45, 2.75) is 0 Å². The minimum atomic E-state index is 0.655. The molecular weight excluding hydrogens is 1390 g/mol. The highest BCUT2D eigenvalue weighted by Gasteiger charge is 2.26. The predicted octanol–water partition coefficient (Wildman–Crippen LogP) is 28.6. The van der Waals surface area contributed by atoms with Crippen LogP contribution in [0.15, 0.2) is 370 Å². The van der Waals surface area contributed by atoms with E-state index in [0.717, 1.165) is 139 Å². The fraction of sp³-hybridized carbons (Fsp3) is 0. The van der Waals surface area contributed by atoms with Gasteiger partial charge in [-0.25, -0.2) is 4.98 Å². The van der Waals surface area contributed by atoms with Crippen molar-refractivity contribution in [2.24, 2.45) is 0 Å². The second-order valence-corrected chi connectivity index (χ2v) is 29.4. The lowest BCUT2D eigenvalue weighted by atomic mass is 9.87. The maximum Gasteiger partial charge on any atom is 0.135 e. The van der Waals surface area contributed by atoms with Gasteiger partial charge in [0.2, 0.25) is 0 Å². The molecule has 0 unspecified atom stereocenters. The first kappa shape index (κ1) is 65.4. The zero-order valence-corrected chi connectivity index (χ0v) is 61.3. The summed E-state index contributed by atoms with van der Waals surface area (Å²) in [5, 5.41) is 39.0. The summed E-state index contributed by atoms with van der Waals surface area (Å²) < 4.78 is 13.0. The molecule has 3 aromatic heterocycles. The molecule has 0 atom stereocenters. The highest BCUT2D eigenvalue weighted by Crippen LogP contribution is 2.52. The molecule has 526 valence electrons. The van der Waals surface area contributed by atoms with E-state index in [1.54, 1.807) is 0 Å². The number of hydrogen-bond acceptors (Lipinski definition) is 7. The quantitative estimate of drug-likeness (QED) is 0.140. The summed E-state index contributed by atoms with van der Waals surface area (Å²) in [6.45, 7) is 0. The number of benzene rings is 18. The third-order valence-corrected chi connectivity index (χ3v) is 23.2. The van der Waals surface area contributed by atoms with Crippen LogP contribution in [0.3, 0.4) is 0 Å². The summed E-state index contributed by atoms with van der Waals surface area (Å²) >= 11 is 0. The number of rotatable bonds is 8. The fourth-order valence-electron chi connectivity index (χ4n) is 17.8. The van der Waals surface area contributed by atoms with Gasteiger partial charge in [-0.1, -0.05) is 249 Å². The Labute approximate surface area is 656 Å². The molecule has 0 saturated carbocycles. The van der Waals surface area contributed by atoms with E-state index in [1.165, 1.54) is 92.5 Å². The van der Waals surface area contributed by atoms with Crippen molar-refractivity contribution < 1.29 is 9.47 Å². The van der Waals surface area contributed by atoms with Crippen LogP contribution in [0.2, 0.25) is 0 Å². The Morgan fingerprint density at radius 3 is 1.05 bits per heavy atom. The monoisotopic (exact) mass is 1450 g/mol. The van der Waals surface area contributed by atoms with Crippen LogP contribution in [0.25, 0.3) is 209 Å². The molecule has 0 spiro atoms. The van der Waals surface area contributed by atoms with Gasteiger partial charge in [0.15, 0.2) is 0 Å². The van der Waals surface area contributed by atoms with Crippen molar-refractivity contribution in [3.8, 4) is 147 Å². The van der Waals surface area contributed by atoms with Crippen LogP contribution in [0.1, 0.15) is 11.1 Å². The smallest absolute Gasteiger partial charge is 0.135 e. The van der Waals surface area contributed by atoms with Crippen LogP contribution in [-0.4, -0.2) is 15.0 Å². The van der Waals surface area contributed by atoms with Gasteiger partial charge in [-0.15, -0.1) is 0 Å². The largest absolute Gasteiger partial charge is 0.456 e. The van der Waals surface area contributed by atoms with E-state index in [9.17, 15) is 10.5 Å². The number of hydrogen-bond donors (Lipinski definition) is 0. The zero-order chi connectivity index (χ0) is 75.5. The first-order valence-corrected chi connectivity index (χ1v) is 38.3. The molecule has 0 N–H and O–H groups in total. The van der Waals surface area contributed by atoms with Gasteiger partial charge in [-0.3, -0.25) is 9.97 Å². The van der Waals surface area contributed by atoms with Crippen molar-refractivity contribution in [1.29, 1.82) is 10.5 Å². The minimum Gasteiger partial charge on any atom is -0.456 e. The van der Waals surface area contributed by atoms with Gasteiger partial charge in [-0.2, -0.15) is 10.5 Å². The highest BCUT2D eigenvalue weighted by molar-refractivity contribution is 6.26. The molecule has 0 bridgehead atoms. The predicted molar refractivity (Wildman–Crippen MR) is 468 cm³/mol. The summed E-state index contributed by atoms with van der Waals surface area (Å²) in [6.07, 6.45) is 5.48. The van der Waals surface area contributed by atoms with E-state index in [-0.39, 0.29) is 0 Å².